The highest BCUT2D eigenvalue weighted by Gasteiger charge is 2.63. The first-order valence-electron chi connectivity index (χ1n) is 10.9. The third-order valence-corrected chi connectivity index (χ3v) is 5.82. The van der Waals surface area contributed by atoms with Gasteiger partial charge in [0.1, 0.15) is 18.2 Å². The van der Waals surface area contributed by atoms with Crippen LogP contribution in [0.5, 0.6) is 0 Å². The Kier molecular flexibility index (Phi) is 6.44. The molecule has 4 aromatic rings. The van der Waals surface area contributed by atoms with Crippen LogP contribution in [0.3, 0.4) is 0 Å². The molecule has 0 saturated carbocycles. The Labute approximate surface area is 212 Å². The summed E-state index contributed by atoms with van der Waals surface area (Å²) in [5.74, 6) is -5.69. The van der Waals surface area contributed by atoms with E-state index in [4.69, 9.17) is 31.5 Å². The van der Waals surface area contributed by atoms with E-state index >= 15 is 8.78 Å². The molecule has 3 atom stereocenters. The van der Waals surface area contributed by atoms with Crippen LogP contribution < -0.4 is 5.73 Å². The van der Waals surface area contributed by atoms with Gasteiger partial charge in [-0.25, -0.2) is 14.6 Å². The average Bonchev–Trinajstić information content (AvgIpc) is 3.41. The van der Waals surface area contributed by atoms with Crippen molar-refractivity contribution in [1.29, 1.82) is 0 Å². The minimum Gasteiger partial charge on any atom is -0.459 e. The predicted octanol–water partition coefficient (Wildman–Crippen LogP) is 3.68. The molecular formula is C24H18ClF2N5O5. The number of ether oxygens (including phenoxy) is 3. The Bertz CT molecular complexity index is 1450. The number of halogens is 3. The lowest BCUT2D eigenvalue weighted by Gasteiger charge is -2.24. The SMILES string of the molecule is Nc1nc(Cl)nc2c1ncn2C1OC(COC(=O)c2ccccc2)C(OC(=O)c2ccccc2)C1(F)F. The monoisotopic (exact) mass is 529 g/mol. The zero-order valence-electron chi connectivity index (χ0n) is 18.8. The lowest BCUT2D eigenvalue weighted by molar-refractivity contribution is -0.140. The van der Waals surface area contributed by atoms with Crippen molar-refractivity contribution in [2.75, 3.05) is 12.3 Å². The van der Waals surface area contributed by atoms with Gasteiger partial charge in [-0.2, -0.15) is 18.7 Å². The van der Waals surface area contributed by atoms with Crippen LogP contribution in [-0.4, -0.2) is 56.2 Å². The maximum absolute atomic E-state index is 15.8. The van der Waals surface area contributed by atoms with Crippen LogP contribution in [0.2, 0.25) is 5.28 Å². The molecule has 5 rings (SSSR count). The molecule has 1 aliphatic rings. The second kappa shape index (κ2) is 9.71. The molecule has 2 N–H and O–H groups in total. The van der Waals surface area contributed by atoms with Gasteiger partial charge >= 0.3 is 17.9 Å². The minimum atomic E-state index is -3.81. The fraction of sp³-hybridized carbons (Fsp3) is 0.208. The lowest BCUT2D eigenvalue weighted by Crippen LogP contribution is -2.43. The fourth-order valence-electron chi connectivity index (χ4n) is 3.90. The van der Waals surface area contributed by atoms with Crippen LogP contribution in [0.4, 0.5) is 14.6 Å². The third kappa shape index (κ3) is 4.68. The average molecular weight is 530 g/mol. The van der Waals surface area contributed by atoms with Crippen molar-refractivity contribution in [3.8, 4) is 0 Å². The van der Waals surface area contributed by atoms with Crippen molar-refractivity contribution < 1.29 is 32.6 Å². The van der Waals surface area contributed by atoms with Gasteiger partial charge in [-0.05, 0) is 35.9 Å². The molecule has 0 amide bonds. The van der Waals surface area contributed by atoms with Gasteiger partial charge in [-0.15, -0.1) is 0 Å². The van der Waals surface area contributed by atoms with Gasteiger partial charge < -0.3 is 19.9 Å². The van der Waals surface area contributed by atoms with Crippen molar-refractivity contribution in [1.82, 2.24) is 19.5 Å². The second-order valence-electron chi connectivity index (χ2n) is 8.06. The summed E-state index contributed by atoms with van der Waals surface area (Å²) in [4.78, 5) is 36.8. The topological polar surface area (TPSA) is 131 Å². The Morgan fingerprint density at radius 2 is 1.65 bits per heavy atom. The summed E-state index contributed by atoms with van der Waals surface area (Å²) < 4.78 is 48.7. The summed E-state index contributed by atoms with van der Waals surface area (Å²) in [6, 6.07) is 15.6. The molecule has 3 heterocycles. The minimum absolute atomic E-state index is 0.0283. The highest BCUT2D eigenvalue weighted by Crippen LogP contribution is 2.46. The molecule has 3 unspecified atom stereocenters. The van der Waals surface area contributed by atoms with E-state index in [-0.39, 0.29) is 33.4 Å². The first-order valence-corrected chi connectivity index (χ1v) is 11.3. The highest BCUT2D eigenvalue weighted by atomic mass is 35.5. The van der Waals surface area contributed by atoms with Crippen LogP contribution in [-0.2, 0) is 14.2 Å². The van der Waals surface area contributed by atoms with Gasteiger partial charge in [0.05, 0.1) is 17.5 Å². The van der Waals surface area contributed by atoms with E-state index in [0.717, 1.165) is 10.9 Å². The number of esters is 2. The molecule has 1 saturated heterocycles. The van der Waals surface area contributed by atoms with Crippen molar-refractivity contribution in [2.45, 2.75) is 24.4 Å². The van der Waals surface area contributed by atoms with Gasteiger partial charge in [0, 0.05) is 0 Å². The quantitative estimate of drug-likeness (QED) is 0.293. The second-order valence-corrected chi connectivity index (χ2v) is 8.40. The number of alkyl halides is 2. The van der Waals surface area contributed by atoms with E-state index < -0.39 is 42.9 Å². The van der Waals surface area contributed by atoms with Gasteiger partial charge in [0.2, 0.25) is 11.5 Å². The molecule has 2 aromatic carbocycles. The molecule has 190 valence electrons. The Morgan fingerprint density at radius 1 is 1.03 bits per heavy atom. The van der Waals surface area contributed by atoms with Crippen molar-refractivity contribution in [2.24, 2.45) is 0 Å². The summed E-state index contributed by atoms with van der Waals surface area (Å²) in [5.41, 5.74) is 5.98. The summed E-state index contributed by atoms with van der Waals surface area (Å²) >= 11 is 5.87. The summed E-state index contributed by atoms with van der Waals surface area (Å²) in [7, 11) is 0. The van der Waals surface area contributed by atoms with Crippen LogP contribution in [0.25, 0.3) is 11.2 Å². The molecule has 1 aliphatic heterocycles. The number of aromatic nitrogens is 4. The molecule has 0 aliphatic carbocycles. The normalized spacial score (nSPS) is 20.6. The largest absolute Gasteiger partial charge is 0.459 e. The number of nitrogen functional groups attached to an aromatic ring is 1. The number of rotatable bonds is 6. The summed E-state index contributed by atoms with van der Waals surface area (Å²) in [5, 5.41) is -0.284. The van der Waals surface area contributed by atoms with Gasteiger partial charge in [0.15, 0.2) is 17.6 Å². The van der Waals surface area contributed by atoms with Crippen LogP contribution in [0.1, 0.15) is 26.9 Å². The number of fused-ring (bicyclic) bond motifs is 1. The molecule has 1 fully saturated rings. The van der Waals surface area contributed by atoms with Gasteiger partial charge in [-0.1, -0.05) is 36.4 Å². The molecular weight excluding hydrogens is 512 g/mol. The van der Waals surface area contributed by atoms with Crippen molar-refractivity contribution >= 4 is 40.5 Å². The summed E-state index contributed by atoms with van der Waals surface area (Å²) in [6.45, 7) is -0.628. The van der Waals surface area contributed by atoms with Gasteiger partial charge in [-0.3, -0.25) is 4.57 Å². The number of benzene rings is 2. The molecule has 13 heteroatoms. The maximum atomic E-state index is 15.8. The number of hydrogen-bond donors (Lipinski definition) is 1. The third-order valence-electron chi connectivity index (χ3n) is 5.66. The first-order chi connectivity index (χ1) is 17.8. The maximum Gasteiger partial charge on any atom is 0.338 e. The number of anilines is 1. The van der Waals surface area contributed by atoms with E-state index in [1.54, 1.807) is 36.4 Å². The number of nitrogens with two attached hydrogens (primary N) is 1. The van der Waals surface area contributed by atoms with E-state index in [1.165, 1.54) is 24.3 Å². The number of nitrogens with zero attached hydrogens (tertiary/aromatic N) is 4. The lowest BCUT2D eigenvalue weighted by atomic mass is 10.1. The number of carbonyl (C=O) groups excluding carboxylic acids is 2. The van der Waals surface area contributed by atoms with Crippen molar-refractivity contribution in [3.63, 3.8) is 0 Å². The van der Waals surface area contributed by atoms with Gasteiger partial charge in [0.25, 0.3) is 0 Å². The van der Waals surface area contributed by atoms with E-state index in [0.29, 0.717) is 0 Å². The predicted molar refractivity (Wildman–Crippen MR) is 126 cm³/mol. The zero-order valence-corrected chi connectivity index (χ0v) is 19.6. The summed E-state index contributed by atoms with van der Waals surface area (Å²) in [6.07, 6.45) is -4.66. The molecule has 0 spiro atoms. The fourth-order valence-corrected chi connectivity index (χ4v) is 4.07. The van der Waals surface area contributed by atoms with Crippen molar-refractivity contribution in [3.05, 3.63) is 83.4 Å². The smallest absolute Gasteiger partial charge is 0.338 e. The Morgan fingerprint density at radius 3 is 2.30 bits per heavy atom. The molecule has 2 aromatic heterocycles. The van der Waals surface area contributed by atoms with E-state index in [1.807, 2.05) is 0 Å². The molecule has 37 heavy (non-hydrogen) atoms. The van der Waals surface area contributed by atoms with Crippen LogP contribution in [0, 0.1) is 0 Å². The molecule has 0 bridgehead atoms. The van der Waals surface area contributed by atoms with Crippen LogP contribution in [0.15, 0.2) is 67.0 Å². The standard InChI is InChI=1S/C24H18ClF2N5O5/c25-23-30-18(28)16-19(31-23)32(12-29-16)22-24(26,27)17(37-21(34)14-9-5-2-6-10-14)15(36-22)11-35-20(33)13-7-3-1-4-8-13/h1-10,12,15,17,22H,11H2,(H2,28,30,31). The Hall–Kier alpha value is -4.16. The zero-order chi connectivity index (χ0) is 26.2. The number of imidazole rings is 1. The van der Waals surface area contributed by atoms with E-state index in [2.05, 4.69) is 15.0 Å². The number of carbonyl (C=O) groups is 2. The Balaban J connectivity index is 1.47. The van der Waals surface area contributed by atoms with E-state index in [9.17, 15) is 9.59 Å². The first kappa shape index (κ1) is 24.5. The molecule has 0 radical (unpaired) electrons. The number of hydrogen-bond acceptors (Lipinski definition) is 9. The van der Waals surface area contributed by atoms with Crippen LogP contribution >= 0.6 is 11.6 Å². The highest BCUT2D eigenvalue weighted by molar-refractivity contribution is 6.28. The molecule has 10 nitrogen and oxygen atoms in total.